The third-order valence-electron chi connectivity index (χ3n) is 2.61. The number of carbonyl (C=O) groups is 1. The first-order valence-corrected chi connectivity index (χ1v) is 4.22. The molecule has 0 aliphatic carbocycles. The van der Waals surface area contributed by atoms with E-state index in [2.05, 4.69) is 13.0 Å². The van der Waals surface area contributed by atoms with E-state index >= 15 is 0 Å². The van der Waals surface area contributed by atoms with Crippen molar-refractivity contribution in [2.45, 2.75) is 32.2 Å². The lowest BCUT2D eigenvalue weighted by molar-refractivity contribution is -0.128. The number of nitrogens with zero attached hydrogens (tertiary/aromatic N) is 1. The molecular formula is C9H13NO. The van der Waals surface area contributed by atoms with Gasteiger partial charge in [0.1, 0.15) is 0 Å². The first-order valence-electron chi connectivity index (χ1n) is 4.22. The smallest absolute Gasteiger partial charge is 0.223 e. The standard InChI is InChI=1S/C9H13NO/c1-7-2-3-8-4-5-9(11)10(8)6-7/h2,8H,3-6H2,1H3. The van der Waals surface area contributed by atoms with Crippen LogP contribution in [0, 0.1) is 0 Å². The Kier molecular flexibility index (Phi) is 1.48. The van der Waals surface area contributed by atoms with Crippen molar-refractivity contribution in [3.05, 3.63) is 11.6 Å². The van der Waals surface area contributed by atoms with Crippen molar-refractivity contribution >= 4 is 5.91 Å². The van der Waals surface area contributed by atoms with Crippen LogP contribution in [-0.4, -0.2) is 23.4 Å². The number of fused-ring (bicyclic) bond motifs is 1. The van der Waals surface area contributed by atoms with E-state index in [4.69, 9.17) is 0 Å². The van der Waals surface area contributed by atoms with Gasteiger partial charge in [-0.25, -0.2) is 0 Å². The third-order valence-corrected chi connectivity index (χ3v) is 2.61. The van der Waals surface area contributed by atoms with Crippen molar-refractivity contribution in [1.82, 2.24) is 4.90 Å². The van der Waals surface area contributed by atoms with Crippen LogP contribution in [0.1, 0.15) is 26.2 Å². The van der Waals surface area contributed by atoms with Crippen LogP contribution in [0.3, 0.4) is 0 Å². The van der Waals surface area contributed by atoms with Gasteiger partial charge in [-0.3, -0.25) is 4.79 Å². The van der Waals surface area contributed by atoms with Crippen LogP contribution >= 0.6 is 0 Å². The fourth-order valence-electron chi connectivity index (χ4n) is 1.93. The number of amides is 1. The molecule has 0 saturated carbocycles. The Morgan fingerprint density at radius 2 is 2.45 bits per heavy atom. The molecule has 0 aromatic carbocycles. The zero-order valence-electron chi connectivity index (χ0n) is 6.84. The lowest BCUT2D eigenvalue weighted by atomic mass is 10.0. The Morgan fingerprint density at radius 1 is 1.64 bits per heavy atom. The zero-order valence-corrected chi connectivity index (χ0v) is 6.84. The highest BCUT2D eigenvalue weighted by Crippen LogP contribution is 2.26. The molecule has 0 bridgehead atoms. The molecule has 11 heavy (non-hydrogen) atoms. The lowest BCUT2D eigenvalue weighted by Gasteiger charge is -2.28. The molecule has 2 rings (SSSR count). The molecule has 1 saturated heterocycles. The molecule has 60 valence electrons. The Balaban J connectivity index is 2.17. The normalized spacial score (nSPS) is 30.3. The van der Waals surface area contributed by atoms with Gasteiger partial charge in [-0.1, -0.05) is 11.6 Å². The van der Waals surface area contributed by atoms with Crippen molar-refractivity contribution in [3.8, 4) is 0 Å². The van der Waals surface area contributed by atoms with Gasteiger partial charge in [0.25, 0.3) is 0 Å². The van der Waals surface area contributed by atoms with Crippen molar-refractivity contribution in [3.63, 3.8) is 0 Å². The summed E-state index contributed by atoms with van der Waals surface area (Å²) in [7, 11) is 0. The summed E-state index contributed by atoms with van der Waals surface area (Å²) in [6.07, 6.45) is 5.19. The quantitative estimate of drug-likeness (QED) is 0.478. The van der Waals surface area contributed by atoms with E-state index in [1.54, 1.807) is 0 Å². The molecule has 1 unspecified atom stereocenters. The first kappa shape index (κ1) is 6.89. The predicted molar refractivity (Wildman–Crippen MR) is 43.1 cm³/mol. The summed E-state index contributed by atoms with van der Waals surface area (Å²) in [6.45, 7) is 2.98. The van der Waals surface area contributed by atoms with E-state index in [0.717, 1.165) is 25.8 Å². The average molecular weight is 151 g/mol. The molecule has 1 atom stereocenters. The molecule has 0 N–H and O–H groups in total. The molecular weight excluding hydrogens is 138 g/mol. The van der Waals surface area contributed by atoms with Crippen LogP contribution in [0.25, 0.3) is 0 Å². The third kappa shape index (κ3) is 1.06. The van der Waals surface area contributed by atoms with Crippen LogP contribution in [-0.2, 0) is 4.79 Å². The Labute approximate surface area is 66.9 Å². The van der Waals surface area contributed by atoms with Crippen molar-refractivity contribution in [2.24, 2.45) is 0 Å². The maximum atomic E-state index is 11.3. The van der Waals surface area contributed by atoms with Crippen LogP contribution in [0.15, 0.2) is 11.6 Å². The second-order valence-electron chi connectivity index (χ2n) is 3.50. The molecule has 1 fully saturated rings. The second-order valence-corrected chi connectivity index (χ2v) is 3.50. The minimum atomic E-state index is 0.349. The van der Waals surface area contributed by atoms with E-state index in [1.165, 1.54) is 5.57 Å². The van der Waals surface area contributed by atoms with Gasteiger partial charge in [-0.05, 0) is 19.8 Å². The van der Waals surface area contributed by atoms with Gasteiger partial charge in [0, 0.05) is 19.0 Å². The fraction of sp³-hybridized carbons (Fsp3) is 0.667. The number of hydrogen-bond acceptors (Lipinski definition) is 1. The molecule has 0 aromatic rings. The molecule has 1 amide bonds. The number of rotatable bonds is 0. The van der Waals surface area contributed by atoms with Crippen molar-refractivity contribution in [2.75, 3.05) is 6.54 Å². The highest BCUT2D eigenvalue weighted by atomic mass is 16.2. The predicted octanol–water partition coefficient (Wildman–Crippen LogP) is 1.33. The summed E-state index contributed by atoms with van der Waals surface area (Å²) in [4.78, 5) is 13.3. The average Bonchev–Trinajstić information content (AvgIpc) is 2.33. The van der Waals surface area contributed by atoms with Gasteiger partial charge in [0.2, 0.25) is 5.91 Å². The van der Waals surface area contributed by atoms with Crippen LogP contribution < -0.4 is 0 Å². The molecule has 2 nitrogen and oxygen atoms in total. The summed E-state index contributed by atoms with van der Waals surface area (Å²) in [5.41, 5.74) is 1.34. The van der Waals surface area contributed by atoms with Gasteiger partial charge in [-0.15, -0.1) is 0 Å². The molecule has 0 aromatic heterocycles. The molecule has 2 aliphatic heterocycles. The number of hydrogen-bond donors (Lipinski definition) is 0. The summed E-state index contributed by atoms with van der Waals surface area (Å²) in [6, 6.07) is 0.534. The highest BCUT2D eigenvalue weighted by molar-refractivity contribution is 5.79. The monoisotopic (exact) mass is 151 g/mol. The number of carbonyl (C=O) groups excluding carboxylic acids is 1. The van der Waals surface area contributed by atoms with Gasteiger partial charge in [0.05, 0.1) is 0 Å². The van der Waals surface area contributed by atoms with Crippen molar-refractivity contribution in [1.29, 1.82) is 0 Å². The van der Waals surface area contributed by atoms with Gasteiger partial charge in [-0.2, -0.15) is 0 Å². The van der Waals surface area contributed by atoms with Gasteiger partial charge < -0.3 is 4.90 Å². The molecule has 0 spiro atoms. The van der Waals surface area contributed by atoms with Crippen molar-refractivity contribution < 1.29 is 4.79 Å². The first-order chi connectivity index (χ1) is 5.27. The topological polar surface area (TPSA) is 20.3 Å². The van der Waals surface area contributed by atoms with E-state index < -0.39 is 0 Å². The Hall–Kier alpha value is -0.790. The fourth-order valence-corrected chi connectivity index (χ4v) is 1.93. The summed E-state index contributed by atoms with van der Waals surface area (Å²) < 4.78 is 0. The molecule has 2 aliphatic rings. The minimum Gasteiger partial charge on any atom is -0.335 e. The summed E-state index contributed by atoms with van der Waals surface area (Å²) in [5.74, 6) is 0.349. The van der Waals surface area contributed by atoms with Crippen LogP contribution in [0.4, 0.5) is 0 Å². The van der Waals surface area contributed by atoms with E-state index in [0.29, 0.717) is 11.9 Å². The second kappa shape index (κ2) is 2.36. The van der Waals surface area contributed by atoms with E-state index in [9.17, 15) is 4.79 Å². The molecule has 2 heterocycles. The maximum Gasteiger partial charge on any atom is 0.223 e. The van der Waals surface area contributed by atoms with Gasteiger partial charge in [0.15, 0.2) is 0 Å². The minimum absolute atomic E-state index is 0.349. The molecule has 0 radical (unpaired) electrons. The zero-order chi connectivity index (χ0) is 7.84. The van der Waals surface area contributed by atoms with Gasteiger partial charge >= 0.3 is 0 Å². The largest absolute Gasteiger partial charge is 0.335 e. The SMILES string of the molecule is CC1=CCC2CCC(=O)N2C1. The van der Waals surface area contributed by atoms with Crippen LogP contribution in [0.2, 0.25) is 0 Å². The van der Waals surface area contributed by atoms with Crippen LogP contribution in [0.5, 0.6) is 0 Å². The lowest BCUT2D eigenvalue weighted by Crippen LogP contribution is -2.36. The Morgan fingerprint density at radius 3 is 3.27 bits per heavy atom. The van der Waals surface area contributed by atoms with E-state index in [1.807, 2.05) is 4.90 Å². The van der Waals surface area contributed by atoms with E-state index in [-0.39, 0.29) is 0 Å². The maximum absolute atomic E-state index is 11.3. The highest BCUT2D eigenvalue weighted by Gasteiger charge is 2.31. The summed E-state index contributed by atoms with van der Waals surface area (Å²) >= 11 is 0. The summed E-state index contributed by atoms with van der Waals surface area (Å²) in [5, 5.41) is 0. The molecule has 2 heteroatoms. The Bertz CT molecular complexity index is 220.